The molecule has 8 heteroatoms. The SMILES string of the molecule is COc1ccc(OC)c(/C=C(\C#N)C(=O)Nc2cccc([N+](=O)[O-])c2)c1. The van der Waals surface area contributed by atoms with Crippen LogP contribution < -0.4 is 14.8 Å². The topological polar surface area (TPSA) is 114 Å². The number of anilines is 1. The number of methoxy groups -OCH3 is 2. The molecule has 2 aromatic rings. The summed E-state index contributed by atoms with van der Waals surface area (Å²) in [7, 11) is 2.96. The minimum Gasteiger partial charge on any atom is -0.497 e. The Morgan fingerprint density at radius 2 is 2.00 bits per heavy atom. The van der Waals surface area contributed by atoms with Gasteiger partial charge in [0.05, 0.1) is 19.1 Å². The lowest BCUT2D eigenvalue weighted by Gasteiger charge is -2.08. The number of nitriles is 1. The standard InChI is InChI=1S/C18H15N3O5/c1-25-16-6-7-17(26-2)12(9-16)8-13(11-19)18(22)20-14-4-3-5-15(10-14)21(23)24/h3-10H,1-2H3,(H,20,22)/b13-8+. The highest BCUT2D eigenvalue weighted by atomic mass is 16.6. The number of non-ortho nitro benzene ring substituents is 1. The molecule has 0 aliphatic rings. The summed E-state index contributed by atoms with van der Waals surface area (Å²) >= 11 is 0. The maximum Gasteiger partial charge on any atom is 0.271 e. The fourth-order valence-corrected chi connectivity index (χ4v) is 2.15. The van der Waals surface area contributed by atoms with Gasteiger partial charge in [0, 0.05) is 23.4 Å². The molecule has 132 valence electrons. The molecule has 1 N–H and O–H groups in total. The lowest BCUT2D eigenvalue weighted by Crippen LogP contribution is -2.13. The molecule has 0 aromatic heterocycles. The van der Waals surface area contributed by atoms with Gasteiger partial charge >= 0.3 is 0 Å². The third kappa shape index (κ3) is 4.36. The van der Waals surface area contributed by atoms with Gasteiger partial charge in [-0.2, -0.15) is 5.26 Å². The maximum absolute atomic E-state index is 12.3. The van der Waals surface area contributed by atoms with Crippen molar-refractivity contribution in [2.24, 2.45) is 0 Å². The highest BCUT2D eigenvalue weighted by molar-refractivity contribution is 6.10. The highest BCUT2D eigenvalue weighted by Gasteiger charge is 2.13. The van der Waals surface area contributed by atoms with E-state index in [0.717, 1.165) is 0 Å². The van der Waals surface area contributed by atoms with Crippen molar-refractivity contribution in [2.45, 2.75) is 0 Å². The van der Waals surface area contributed by atoms with E-state index in [9.17, 15) is 20.2 Å². The Balaban J connectivity index is 2.32. The van der Waals surface area contributed by atoms with E-state index < -0.39 is 10.8 Å². The van der Waals surface area contributed by atoms with Crippen LogP contribution in [0.1, 0.15) is 5.56 Å². The molecule has 0 radical (unpaired) electrons. The van der Waals surface area contributed by atoms with Crippen LogP contribution in [0, 0.1) is 21.4 Å². The van der Waals surface area contributed by atoms with Gasteiger partial charge in [0.25, 0.3) is 11.6 Å². The third-order valence-electron chi connectivity index (χ3n) is 3.42. The van der Waals surface area contributed by atoms with Crippen LogP contribution in [0.3, 0.4) is 0 Å². The number of carbonyl (C=O) groups excluding carboxylic acids is 1. The van der Waals surface area contributed by atoms with Crippen LogP contribution in [-0.4, -0.2) is 25.1 Å². The first-order valence-corrected chi connectivity index (χ1v) is 7.38. The number of benzene rings is 2. The van der Waals surface area contributed by atoms with Gasteiger partial charge in [-0.1, -0.05) is 6.07 Å². The van der Waals surface area contributed by atoms with Crippen molar-refractivity contribution in [2.75, 3.05) is 19.5 Å². The van der Waals surface area contributed by atoms with E-state index in [1.807, 2.05) is 6.07 Å². The van der Waals surface area contributed by atoms with Gasteiger partial charge in [0.1, 0.15) is 23.1 Å². The molecule has 0 saturated carbocycles. The quantitative estimate of drug-likeness (QED) is 0.369. The fourth-order valence-electron chi connectivity index (χ4n) is 2.15. The van der Waals surface area contributed by atoms with Gasteiger partial charge < -0.3 is 14.8 Å². The number of nitrogens with zero attached hydrogens (tertiary/aromatic N) is 2. The Labute approximate surface area is 149 Å². The van der Waals surface area contributed by atoms with E-state index in [1.54, 1.807) is 18.2 Å². The summed E-state index contributed by atoms with van der Waals surface area (Å²) in [6.07, 6.45) is 1.36. The number of nitro groups is 1. The minimum atomic E-state index is -0.696. The molecule has 0 spiro atoms. The summed E-state index contributed by atoms with van der Waals surface area (Å²) in [4.78, 5) is 22.6. The van der Waals surface area contributed by atoms with Crippen molar-refractivity contribution in [1.82, 2.24) is 0 Å². The number of rotatable bonds is 6. The van der Waals surface area contributed by atoms with E-state index in [-0.39, 0.29) is 16.9 Å². The molecule has 1 amide bonds. The van der Waals surface area contributed by atoms with Crippen LogP contribution in [0.5, 0.6) is 11.5 Å². The van der Waals surface area contributed by atoms with Crippen LogP contribution in [0.2, 0.25) is 0 Å². The Bertz CT molecular complexity index is 915. The zero-order valence-electron chi connectivity index (χ0n) is 14.1. The Morgan fingerprint density at radius 1 is 1.23 bits per heavy atom. The summed E-state index contributed by atoms with van der Waals surface area (Å²) in [6.45, 7) is 0. The number of nitro benzene ring substituents is 1. The van der Waals surface area contributed by atoms with Crippen molar-refractivity contribution in [3.8, 4) is 17.6 Å². The summed E-state index contributed by atoms with van der Waals surface area (Å²) in [5, 5.41) is 22.6. The van der Waals surface area contributed by atoms with Gasteiger partial charge in [-0.25, -0.2) is 0 Å². The molecular weight excluding hydrogens is 338 g/mol. The molecule has 8 nitrogen and oxygen atoms in total. The third-order valence-corrected chi connectivity index (χ3v) is 3.42. The van der Waals surface area contributed by atoms with Crippen molar-refractivity contribution in [3.63, 3.8) is 0 Å². The molecule has 0 unspecified atom stereocenters. The summed E-state index contributed by atoms with van der Waals surface area (Å²) in [5.74, 6) is 0.299. The number of ether oxygens (including phenoxy) is 2. The fraction of sp³-hybridized carbons (Fsp3) is 0.111. The molecule has 0 fully saturated rings. The first-order valence-electron chi connectivity index (χ1n) is 7.38. The predicted molar refractivity (Wildman–Crippen MR) is 94.9 cm³/mol. The number of amides is 1. The number of nitrogens with one attached hydrogen (secondary N) is 1. The van der Waals surface area contributed by atoms with Crippen molar-refractivity contribution < 1.29 is 19.2 Å². The smallest absolute Gasteiger partial charge is 0.271 e. The normalized spacial score (nSPS) is 10.6. The van der Waals surface area contributed by atoms with E-state index in [0.29, 0.717) is 17.1 Å². The van der Waals surface area contributed by atoms with Crippen LogP contribution in [0.25, 0.3) is 6.08 Å². The van der Waals surface area contributed by atoms with E-state index in [1.165, 1.54) is 44.6 Å². The molecule has 0 aliphatic carbocycles. The molecule has 0 saturated heterocycles. The van der Waals surface area contributed by atoms with Gasteiger partial charge in [0.15, 0.2) is 0 Å². The summed E-state index contributed by atoms with van der Waals surface area (Å²) in [6, 6.07) is 12.2. The van der Waals surface area contributed by atoms with Crippen LogP contribution in [-0.2, 0) is 4.79 Å². The monoisotopic (exact) mass is 353 g/mol. The lowest BCUT2D eigenvalue weighted by molar-refractivity contribution is -0.384. The Morgan fingerprint density at radius 3 is 2.62 bits per heavy atom. The van der Waals surface area contributed by atoms with Crippen molar-refractivity contribution >= 4 is 23.4 Å². The maximum atomic E-state index is 12.3. The minimum absolute atomic E-state index is 0.167. The van der Waals surface area contributed by atoms with Gasteiger partial charge in [0.2, 0.25) is 0 Å². The van der Waals surface area contributed by atoms with Gasteiger partial charge in [-0.3, -0.25) is 14.9 Å². The summed E-state index contributed by atoms with van der Waals surface area (Å²) in [5.41, 5.74) is 0.336. The van der Waals surface area contributed by atoms with E-state index in [2.05, 4.69) is 5.32 Å². The first-order chi connectivity index (χ1) is 12.5. The van der Waals surface area contributed by atoms with Crippen molar-refractivity contribution in [1.29, 1.82) is 5.26 Å². The average molecular weight is 353 g/mol. The second kappa shape index (κ2) is 8.30. The summed E-state index contributed by atoms with van der Waals surface area (Å²) < 4.78 is 10.3. The highest BCUT2D eigenvalue weighted by Crippen LogP contribution is 2.26. The van der Waals surface area contributed by atoms with Gasteiger partial charge in [-0.15, -0.1) is 0 Å². The van der Waals surface area contributed by atoms with Gasteiger partial charge in [-0.05, 0) is 30.3 Å². The molecule has 2 aromatic carbocycles. The zero-order valence-corrected chi connectivity index (χ0v) is 14.1. The Hall–Kier alpha value is -3.86. The Kier molecular flexibility index (Phi) is 5.90. The molecule has 0 bridgehead atoms. The van der Waals surface area contributed by atoms with E-state index in [4.69, 9.17) is 9.47 Å². The zero-order chi connectivity index (χ0) is 19.1. The van der Waals surface area contributed by atoms with E-state index >= 15 is 0 Å². The molecule has 0 heterocycles. The number of hydrogen-bond acceptors (Lipinski definition) is 6. The molecule has 0 atom stereocenters. The molecule has 26 heavy (non-hydrogen) atoms. The number of carbonyl (C=O) groups is 1. The molecule has 0 aliphatic heterocycles. The second-order valence-electron chi connectivity index (χ2n) is 5.04. The van der Waals surface area contributed by atoms with Crippen LogP contribution in [0.4, 0.5) is 11.4 Å². The second-order valence-corrected chi connectivity index (χ2v) is 5.04. The molecule has 2 rings (SSSR count). The first kappa shape index (κ1) is 18.5. The lowest BCUT2D eigenvalue weighted by atomic mass is 10.1. The molecular formula is C18H15N3O5. The van der Waals surface area contributed by atoms with Crippen LogP contribution in [0.15, 0.2) is 48.0 Å². The predicted octanol–water partition coefficient (Wildman–Crippen LogP) is 3.16. The van der Waals surface area contributed by atoms with Crippen molar-refractivity contribution in [3.05, 3.63) is 63.7 Å². The van der Waals surface area contributed by atoms with Crippen LogP contribution >= 0.6 is 0 Å². The average Bonchev–Trinajstić information content (AvgIpc) is 2.65. The largest absolute Gasteiger partial charge is 0.497 e. The number of hydrogen-bond donors (Lipinski definition) is 1.